The summed E-state index contributed by atoms with van der Waals surface area (Å²) in [6, 6.07) is 18.6. The molecule has 2 heterocycles. The fourth-order valence-electron chi connectivity index (χ4n) is 3.56. The predicted molar refractivity (Wildman–Crippen MR) is 119 cm³/mol. The Hall–Kier alpha value is -3.45. The molecule has 31 heavy (non-hydrogen) atoms. The monoisotopic (exact) mass is 434 g/mol. The number of ether oxygens (including phenoxy) is 1. The van der Waals surface area contributed by atoms with Crippen LogP contribution >= 0.6 is 11.3 Å². The number of anilines is 1. The van der Waals surface area contributed by atoms with Crippen LogP contribution in [0.25, 0.3) is 0 Å². The molecular formula is C24H22N2O4S. The second kappa shape index (κ2) is 9.57. The van der Waals surface area contributed by atoms with E-state index in [9.17, 15) is 14.4 Å². The molecule has 3 aromatic rings. The molecule has 0 spiro atoms. The van der Waals surface area contributed by atoms with E-state index in [4.69, 9.17) is 4.74 Å². The Balaban J connectivity index is 1.48. The summed E-state index contributed by atoms with van der Waals surface area (Å²) in [5.74, 6) is -0.377. The minimum atomic E-state index is -0.785. The van der Waals surface area contributed by atoms with E-state index in [1.54, 1.807) is 35.2 Å². The molecule has 2 aromatic carbocycles. The van der Waals surface area contributed by atoms with Gasteiger partial charge in [0.25, 0.3) is 5.91 Å². The average Bonchev–Trinajstić information content (AvgIpc) is 3.33. The molecule has 2 amide bonds. The van der Waals surface area contributed by atoms with Crippen LogP contribution in [-0.2, 0) is 9.59 Å². The van der Waals surface area contributed by atoms with Crippen LogP contribution in [0.1, 0.15) is 40.5 Å². The molecule has 0 bridgehead atoms. The maximum atomic E-state index is 13.1. The standard InChI is InChI=1S/C24H22N2O4S/c27-21-10-4-5-15-26(21)22(17-7-2-1-3-8-17)24(29)30-19-13-11-18(12-14-19)25-23(28)20-9-6-16-31-20/h1-3,6-9,11-14,16,22H,4-5,10,15H2,(H,25,28). The molecule has 0 radical (unpaired) electrons. The largest absolute Gasteiger partial charge is 0.425 e. The highest BCUT2D eigenvalue weighted by molar-refractivity contribution is 7.12. The molecule has 1 aliphatic rings. The van der Waals surface area contributed by atoms with Crippen molar-refractivity contribution in [3.63, 3.8) is 0 Å². The molecule has 158 valence electrons. The van der Waals surface area contributed by atoms with Crippen molar-refractivity contribution in [1.29, 1.82) is 0 Å². The quantitative estimate of drug-likeness (QED) is 0.452. The van der Waals surface area contributed by atoms with Gasteiger partial charge in [0.2, 0.25) is 5.91 Å². The van der Waals surface area contributed by atoms with E-state index in [1.807, 2.05) is 41.8 Å². The van der Waals surface area contributed by atoms with E-state index in [1.165, 1.54) is 11.3 Å². The summed E-state index contributed by atoms with van der Waals surface area (Å²) in [6.07, 6.45) is 2.14. The SMILES string of the molecule is O=C(Nc1ccc(OC(=O)C(c2ccccc2)N2CCCCC2=O)cc1)c1cccs1. The fourth-order valence-corrected chi connectivity index (χ4v) is 4.18. The Morgan fingerprint density at radius 2 is 1.74 bits per heavy atom. The number of thiophene rings is 1. The van der Waals surface area contributed by atoms with Gasteiger partial charge in [0.1, 0.15) is 5.75 Å². The van der Waals surface area contributed by atoms with E-state index in [-0.39, 0.29) is 11.8 Å². The topological polar surface area (TPSA) is 75.7 Å². The van der Waals surface area contributed by atoms with Crippen LogP contribution in [0.5, 0.6) is 5.75 Å². The van der Waals surface area contributed by atoms with Crippen LogP contribution in [-0.4, -0.2) is 29.2 Å². The molecule has 1 N–H and O–H groups in total. The van der Waals surface area contributed by atoms with Gasteiger partial charge in [0, 0.05) is 18.7 Å². The normalized spacial score (nSPS) is 14.7. The Kier molecular flexibility index (Phi) is 6.43. The van der Waals surface area contributed by atoms with Crippen LogP contribution < -0.4 is 10.1 Å². The number of carbonyl (C=O) groups is 3. The molecule has 1 atom stereocenters. The lowest BCUT2D eigenvalue weighted by molar-refractivity contribution is -0.150. The van der Waals surface area contributed by atoms with Crippen molar-refractivity contribution in [2.45, 2.75) is 25.3 Å². The summed E-state index contributed by atoms with van der Waals surface area (Å²) >= 11 is 1.36. The van der Waals surface area contributed by atoms with Gasteiger partial charge >= 0.3 is 5.97 Å². The molecule has 1 fully saturated rings. The number of rotatable bonds is 6. The number of esters is 1. The van der Waals surface area contributed by atoms with Gasteiger partial charge in [-0.25, -0.2) is 4.79 Å². The number of likely N-dealkylation sites (tertiary alicyclic amines) is 1. The Bertz CT molecular complexity index is 1050. The molecule has 7 heteroatoms. The highest BCUT2D eigenvalue weighted by Crippen LogP contribution is 2.28. The highest BCUT2D eigenvalue weighted by Gasteiger charge is 2.34. The molecule has 0 saturated carbocycles. The van der Waals surface area contributed by atoms with Gasteiger partial charge in [-0.1, -0.05) is 36.4 Å². The third-order valence-electron chi connectivity index (χ3n) is 5.09. The minimum absolute atomic E-state index is 0.0382. The second-order valence-corrected chi connectivity index (χ2v) is 8.18. The maximum Gasteiger partial charge on any atom is 0.338 e. The van der Waals surface area contributed by atoms with Crippen molar-refractivity contribution in [2.75, 3.05) is 11.9 Å². The van der Waals surface area contributed by atoms with Gasteiger partial charge in [-0.05, 0) is 54.1 Å². The predicted octanol–water partition coefficient (Wildman–Crippen LogP) is 4.66. The number of amides is 2. The number of benzene rings is 2. The van der Waals surface area contributed by atoms with E-state index in [0.717, 1.165) is 18.4 Å². The van der Waals surface area contributed by atoms with Gasteiger partial charge in [-0.3, -0.25) is 9.59 Å². The number of nitrogens with zero attached hydrogens (tertiary/aromatic N) is 1. The first kappa shape index (κ1) is 20.8. The van der Waals surface area contributed by atoms with Crippen molar-refractivity contribution in [1.82, 2.24) is 4.90 Å². The van der Waals surface area contributed by atoms with Crippen LogP contribution in [0.4, 0.5) is 5.69 Å². The number of hydrogen-bond acceptors (Lipinski definition) is 5. The first-order valence-corrected chi connectivity index (χ1v) is 11.0. The smallest absolute Gasteiger partial charge is 0.338 e. The summed E-state index contributed by atoms with van der Waals surface area (Å²) < 4.78 is 5.62. The first-order chi connectivity index (χ1) is 15.1. The van der Waals surface area contributed by atoms with Gasteiger partial charge < -0.3 is 15.0 Å². The van der Waals surface area contributed by atoms with E-state index >= 15 is 0 Å². The van der Waals surface area contributed by atoms with Crippen LogP contribution in [0.2, 0.25) is 0 Å². The number of hydrogen-bond donors (Lipinski definition) is 1. The Morgan fingerprint density at radius 1 is 0.968 bits per heavy atom. The summed E-state index contributed by atoms with van der Waals surface area (Å²) in [6.45, 7) is 0.529. The van der Waals surface area contributed by atoms with Gasteiger partial charge in [0.15, 0.2) is 6.04 Å². The highest BCUT2D eigenvalue weighted by atomic mass is 32.1. The maximum absolute atomic E-state index is 13.1. The first-order valence-electron chi connectivity index (χ1n) is 10.1. The molecule has 4 rings (SSSR count). The van der Waals surface area contributed by atoms with E-state index in [0.29, 0.717) is 29.3 Å². The lowest BCUT2D eigenvalue weighted by atomic mass is 10.0. The van der Waals surface area contributed by atoms with Gasteiger partial charge in [0.05, 0.1) is 4.88 Å². The van der Waals surface area contributed by atoms with E-state index < -0.39 is 12.0 Å². The Labute approximate surface area is 184 Å². The van der Waals surface area contributed by atoms with E-state index in [2.05, 4.69) is 5.32 Å². The third-order valence-corrected chi connectivity index (χ3v) is 5.95. The molecule has 0 aliphatic carbocycles. The molecule has 6 nitrogen and oxygen atoms in total. The van der Waals surface area contributed by atoms with Crippen molar-refractivity contribution in [2.24, 2.45) is 0 Å². The summed E-state index contributed by atoms with van der Waals surface area (Å²) in [4.78, 5) is 40.0. The number of carbonyl (C=O) groups excluding carboxylic acids is 3. The fraction of sp³-hybridized carbons (Fsp3) is 0.208. The molecule has 1 aliphatic heterocycles. The van der Waals surface area contributed by atoms with Gasteiger partial charge in [-0.15, -0.1) is 11.3 Å². The average molecular weight is 435 g/mol. The number of piperidine rings is 1. The minimum Gasteiger partial charge on any atom is -0.425 e. The molecule has 1 unspecified atom stereocenters. The zero-order valence-corrected chi connectivity index (χ0v) is 17.6. The summed E-state index contributed by atoms with van der Waals surface area (Å²) in [7, 11) is 0. The Morgan fingerprint density at radius 3 is 2.42 bits per heavy atom. The lowest BCUT2D eigenvalue weighted by Crippen LogP contribution is -2.43. The molecular weight excluding hydrogens is 412 g/mol. The zero-order valence-electron chi connectivity index (χ0n) is 16.8. The molecule has 1 aromatic heterocycles. The van der Waals surface area contributed by atoms with Crippen molar-refractivity contribution in [3.8, 4) is 5.75 Å². The molecule has 1 saturated heterocycles. The third kappa shape index (κ3) is 5.00. The zero-order chi connectivity index (χ0) is 21.6. The van der Waals surface area contributed by atoms with Crippen LogP contribution in [0.15, 0.2) is 72.1 Å². The van der Waals surface area contributed by atoms with Crippen molar-refractivity contribution >= 4 is 34.8 Å². The van der Waals surface area contributed by atoms with Gasteiger partial charge in [-0.2, -0.15) is 0 Å². The lowest BCUT2D eigenvalue weighted by Gasteiger charge is -2.33. The van der Waals surface area contributed by atoms with Crippen molar-refractivity contribution in [3.05, 3.63) is 82.6 Å². The number of nitrogens with one attached hydrogen (secondary N) is 1. The summed E-state index contributed by atoms with van der Waals surface area (Å²) in [5, 5.41) is 4.65. The van der Waals surface area contributed by atoms with Crippen LogP contribution in [0, 0.1) is 0 Å². The van der Waals surface area contributed by atoms with Crippen molar-refractivity contribution < 1.29 is 19.1 Å². The van der Waals surface area contributed by atoms with Crippen LogP contribution in [0.3, 0.4) is 0 Å². The second-order valence-electron chi connectivity index (χ2n) is 7.23. The summed E-state index contributed by atoms with van der Waals surface area (Å²) in [5.41, 5.74) is 1.33.